The fourth-order valence-corrected chi connectivity index (χ4v) is 1.42. The maximum absolute atomic E-state index is 13.3. The van der Waals surface area contributed by atoms with Crippen molar-refractivity contribution in [1.82, 2.24) is 4.98 Å². The Balaban J connectivity index is 2.53. The third kappa shape index (κ3) is 2.13. The van der Waals surface area contributed by atoms with E-state index in [1.54, 1.807) is 0 Å². The summed E-state index contributed by atoms with van der Waals surface area (Å²) in [6, 6.07) is 6.92. The zero-order valence-electron chi connectivity index (χ0n) is 7.55. The highest BCUT2D eigenvalue weighted by molar-refractivity contribution is 6.29. The van der Waals surface area contributed by atoms with Crippen LogP contribution in [-0.4, -0.2) is 4.98 Å². The first-order chi connectivity index (χ1) is 7.16. The highest BCUT2D eigenvalue weighted by atomic mass is 35.5. The molecule has 0 aliphatic heterocycles. The van der Waals surface area contributed by atoms with Crippen molar-refractivity contribution in [3.63, 3.8) is 0 Å². The molecule has 4 heteroatoms. The van der Waals surface area contributed by atoms with Gasteiger partial charge in [0.15, 0.2) is 0 Å². The molecule has 1 heterocycles. The summed E-state index contributed by atoms with van der Waals surface area (Å²) >= 11 is 5.65. The van der Waals surface area contributed by atoms with Gasteiger partial charge in [0.05, 0.1) is 6.20 Å². The second kappa shape index (κ2) is 3.95. The first-order valence-electron chi connectivity index (χ1n) is 4.24. The van der Waals surface area contributed by atoms with E-state index in [-0.39, 0.29) is 11.0 Å². The Hall–Kier alpha value is -1.48. The normalized spacial score (nSPS) is 10.3. The fourth-order valence-electron chi connectivity index (χ4n) is 1.26. The van der Waals surface area contributed by atoms with Crippen LogP contribution in [0.4, 0.5) is 8.78 Å². The molecule has 15 heavy (non-hydrogen) atoms. The smallest absolute Gasteiger partial charge is 0.149 e. The van der Waals surface area contributed by atoms with E-state index >= 15 is 0 Å². The molecular weight excluding hydrogens is 220 g/mol. The largest absolute Gasteiger partial charge is 0.241 e. The standard InChI is InChI=1S/C11H6ClF2N/c12-11-5-9(10(14)6-15-11)7-1-3-8(13)4-2-7/h1-6H. The van der Waals surface area contributed by atoms with Crippen molar-refractivity contribution in [2.24, 2.45) is 0 Å². The molecule has 0 unspecified atom stereocenters. The lowest BCUT2D eigenvalue weighted by Crippen LogP contribution is -1.87. The van der Waals surface area contributed by atoms with Crippen LogP contribution < -0.4 is 0 Å². The zero-order chi connectivity index (χ0) is 10.8. The van der Waals surface area contributed by atoms with E-state index < -0.39 is 5.82 Å². The minimum Gasteiger partial charge on any atom is -0.241 e. The monoisotopic (exact) mass is 225 g/mol. The van der Waals surface area contributed by atoms with Gasteiger partial charge in [0, 0.05) is 5.56 Å². The average molecular weight is 226 g/mol. The van der Waals surface area contributed by atoms with Crippen molar-refractivity contribution < 1.29 is 8.78 Å². The third-order valence-corrected chi connectivity index (χ3v) is 2.18. The van der Waals surface area contributed by atoms with Crippen molar-refractivity contribution in [2.75, 3.05) is 0 Å². The summed E-state index contributed by atoms with van der Waals surface area (Å²) in [6.07, 6.45) is 1.04. The molecule has 0 N–H and O–H groups in total. The topological polar surface area (TPSA) is 12.9 Å². The maximum atomic E-state index is 13.3. The molecule has 0 spiro atoms. The molecule has 0 amide bonds. The van der Waals surface area contributed by atoms with E-state index in [9.17, 15) is 8.78 Å². The maximum Gasteiger partial charge on any atom is 0.149 e. The van der Waals surface area contributed by atoms with E-state index in [0.717, 1.165) is 6.20 Å². The van der Waals surface area contributed by atoms with E-state index in [4.69, 9.17) is 11.6 Å². The highest BCUT2D eigenvalue weighted by Crippen LogP contribution is 2.24. The number of hydrogen-bond donors (Lipinski definition) is 0. The number of pyridine rings is 1. The average Bonchev–Trinajstić information content (AvgIpc) is 2.23. The molecule has 0 aliphatic carbocycles. The summed E-state index contributed by atoms with van der Waals surface area (Å²) in [5.74, 6) is -0.842. The molecule has 0 radical (unpaired) electrons. The van der Waals surface area contributed by atoms with E-state index in [0.29, 0.717) is 11.1 Å². The van der Waals surface area contributed by atoms with Crippen molar-refractivity contribution in [2.45, 2.75) is 0 Å². The number of benzene rings is 1. The lowest BCUT2D eigenvalue weighted by atomic mass is 10.1. The van der Waals surface area contributed by atoms with Crippen molar-refractivity contribution in [1.29, 1.82) is 0 Å². The summed E-state index contributed by atoms with van der Waals surface area (Å²) < 4.78 is 26.0. The number of rotatable bonds is 1. The van der Waals surface area contributed by atoms with Crippen molar-refractivity contribution in [3.05, 3.63) is 53.3 Å². The van der Waals surface area contributed by atoms with Crippen LogP contribution in [0, 0.1) is 11.6 Å². The minimum atomic E-state index is -0.481. The van der Waals surface area contributed by atoms with Gasteiger partial charge in [-0.2, -0.15) is 0 Å². The Labute approximate surface area is 90.3 Å². The van der Waals surface area contributed by atoms with E-state index in [1.807, 2.05) is 0 Å². The van der Waals surface area contributed by atoms with Crippen LogP contribution in [0.15, 0.2) is 36.5 Å². The molecule has 0 bridgehead atoms. The highest BCUT2D eigenvalue weighted by Gasteiger charge is 2.06. The van der Waals surface area contributed by atoms with Crippen LogP contribution in [0.1, 0.15) is 0 Å². The lowest BCUT2D eigenvalue weighted by Gasteiger charge is -2.03. The summed E-state index contributed by atoms with van der Waals surface area (Å²) in [4.78, 5) is 3.60. The van der Waals surface area contributed by atoms with Gasteiger partial charge in [-0.05, 0) is 23.8 Å². The summed E-state index contributed by atoms with van der Waals surface area (Å²) in [5.41, 5.74) is 0.883. The molecule has 2 aromatic rings. The van der Waals surface area contributed by atoms with Crippen LogP contribution in [0.5, 0.6) is 0 Å². The lowest BCUT2D eigenvalue weighted by molar-refractivity contribution is 0.622. The first-order valence-corrected chi connectivity index (χ1v) is 4.61. The molecule has 0 atom stereocenters. The van der Waals surface area contributed by atoms with Gasteiger partial charge in [-0.3, -0.25) is 0 Å². The van der Waals surface area contributed by atoms with Gasteiger partial charge in [-0.1, -0.05) is 23.7 Å². The fraction of sp³-hybridized carbons (Fsp3) is 0. The molecule has 1 nitrogen and oxygen atoms in total. The second-order valence-electron chi connectivity index (χ2n) is 2.99. The van der Waals surface area contributed by atoms with Crippen LogP contribution in [0.3, 0.4) is 0 Å². The van der Waals surface area contributed by atoms with Gasteiger partial charge in [0.1, 0.15) is 16.8 Å². The van der Waals surface area contributed by atoms with Crippen LogP contribution >= 0.6 is 11.6 Å². The molecule has 1 aromatic heterocycles. The van der Waals surface area contributed by atoms with Gasteiger partial charge >= 0.3 is 0 Å². The van der Waals surface area contributed by atoms with E-state index in [2.05, 4.69) is 4.98 Å². The number of halogens is 3. The quantitative estimate of drug-likeness (QED) is 0.675. The van der Waals surface area contributed by atoms with Crippen LogP contribution in [0.2, 0.25) is 5.15 Å². The Morgan fingerprint density at radius 3 is 2.40 bits per heavy atom. The van der Waals surface area contributed by atoms with Crippen LogP contribution in [0.25, 0.3) is 11.1 Å². The summed E-state index contributed by atoms with van der Waals surface area (Å²) in [5, 5.41) is 0.204. The molecule has 2 rings (SSSR count). The third-order valence-electron chi connectivity index (χ3n) is 1.98. The Morgan fingerprint density at radius 1 is 1.07 bits per heavy atom. The van der Waals surface area contributed by atoms with Crippen molar-refractivity contribution >= 4 is 11.6 Å². The summed E-state index contributed by atoms with van der Waals surface area (Å²) in [7, 11) is 0. The second-order valence-corrected chi connectivity index (χ2v) is 3.38. The first kappa shape index (κ1) is 10.1. The predicted molar refractivity (Wildman–Crippen MR) is 54.6 cm³/mol. The number of hydrogen-bond acceptors (Lipinski definition) is 1. The molecule has 0 aliphatic rings. The molecule has 76 valence electrons. The van der Waals surface area contributed by atoms with Gasteiger partial charge < -0.3 is 0 Å². The number of aromatic nitrogens is 1. The van der Waals surface area contributed by atoms with Gasteiger partial charge in [0.25, 0.3) is 0 Å². The predicted octanol–water partition coefficient (Wildman–Crippen LogP) is 3.68. The molecule has 0 saturated heterocycles. The van der Waals surface area contributed by atoms with Crippen molar-refractivity contribution in [3.8, 4) is 11.1 Å². The Bertz CT molecular complexity index is 482. The molecule has 0 fully saturated rings. The van der Waals surface area contributed by atoms with E-state index in [1.165, 1.54) is 30.3 Å². The Morgan fingerprint density at radius 2 is 1.73 bits per heavy atom. The molecular formula is C11H6ClF2N. The van der Waals surface area contributed by atoms with Gasteiger partial charge in [-0.25, -0.2) is 13.8 Å². The summed E-state index contributed by atoms with van der Waals surface area (Å²) in [6.45, 7) is 0. The molecule has 0 saturated carbocycles. The van der Waals surface area contributed by atoms with Gasteiger partial charge in [-0.15, -0.1) is 0 Å². The SMILES string of the molecule is Fc1ccc(-c2cc(Cl)ncc2F)cc1. The zero-order valence-corrected chi connectivity index (χ0v) is 8.30. The number of nitrogens with zero attached hydrogens (tertiary/aromatic N) is 1. The minimum absolute atomic E-state index is 0.204. The Kier molecular flexibility index (Phi) is 2.64. The van der Waals surface area contributed by atoms with Crippen LogP contribution in [-0.2, 0) is 0 Å². The molecule has 1 aromatic carbocycles. The van der Waals surface area contributed by atoms with Gasteiger partial charge in [0.2, 0.25) is 0 Å².